The maximum Gasteiger partial charge on any atom is 0.269 e. The second kappa shape index (κ2) is 15.2. The fourth-order valence-electron chi connectivity index (χ4n) is 2.56. The molecule has 0 fully saturated rings. The molecule has 0 saturated heterocycles. The van der Waals surface area contributed by atoms with Crippen LogP contribution < -0.4 is 10.8 Å². The summed E-state index contributed by atoms with van der Waals surface area (Å²) in [5, 5.41) is 22.5. The third-order valence-electron chi connectivity index (χ3n) is 4.17. The maximum atomic E-state index is 12.6. The summed E-state index contributed by atoms with van der Waals surface area (Å²) in [7, 11) is 1.51. The zero-order valence-electron chi connectivity index (χ0n) is 17.6. The molecular weight excluding hydrogens is 414 g/mol. The Morgan fingerprint density at radius 2 is 1.84 bits per heavy atom. The van der Waals surface area contributed by atoms with Crippen LogP contribution in [0.3, 0.4) is 0 Å². The van der Waals surface area contributed by atoms with E-state index in [0.717, 1.165) is 0 Å². The van der Waals surface area contributed by atoms with Crippen molar-refractivity contribution in [3.8, 4) is 0 Å². The number of hydrogen-bond acceptors (Lipinski definition) is 9. The van der Waals surface area contributed by atoms with E-state index in [1.54, 1.807) is 12.4 Å². The lowest BCUT2D eigenvalue weighted by Gasteiger charge is -2.23. The summed E-state index contributed by atoms with van der Waals surface area (Å²) in [4.78, 5) is 34.8. The molecular formula is C19H29N3O9. The first kappa shape index (κ1) is 26.4. The fourth-order valence-corrected chi connectivity index (χ4v) is 2.56. The summed E-state index contributed by atoms with van der Waals surface area (Å²) < 4.78 is 20.8. The third kappa shape index (κ3) is 10.3. The second-order valence-corrected chi connectivity index (χ2v) is 6.43. The average molecular weight is 443 g/mol. The van der Waals surface area contributed by atoms with Gasteiger partial charge in [-0.25, -0.2) is 5.48 Å². The number of methoxy groups -OCH3 is 1. The molecule has 1 aromatic rings. The Hall–Kier alpha value is -2.64. The normalized spacial score (nSPS) is 12.7. The summed E-state index contributed by atoms with van der Waals surface area (Å²) >= 11 is 0. The summed E-state index contributed by atoms with van der Waals surface area (Å²) in [6.45, 7) is 2.87. The number of ether oxygens (including phenoxy) is 4. The molecule has 0 spiro atoms. The quantitative estimate of drug-likeness (QED) is 0.111. The number of hydrogen-bond donors (Lipinski definition) is 3. The molecule has 1 rings (SSSR count). The van der Waals surface area contributed by atoms with Gasteiger partial charge in [-0.2, -0.15) is 0 Å². The Morgan fingerprint density at radius 3 is 2.42 bits per heavy atom. The number of nitro benzene ring substituents is 1. The molecule has 2 atom stereocenters. The molecule has 0 saturated carbocycles. The number of non-ortho nitro benzene ring substituents is 1. The van der Waals surface area contributed by atoms with Gasteiger partial charge in [-0.15, -0.1) is 0 Å². The zero-order chi connectivity index (χ0) is 23.1. The first-order valence-electron chi connectivity index (χ1n) is 9.64. The topological polar surface area (TPSA) is 158 Å². The lowest BCUT2D eigenvalue weighted by molar-refractivity contribution is -0.384. The van der Waals surface area contributed by atoms with Gasteiger partial charge < -0.3 is 24.3 Å². The van der Waals surface area contributed by atoms with Gasteiger partial charge in [0.05, 0.1) is 43.3 Å². The number of nitro groups is 1. The van der Waals surface area contributed by atoms with Crippen molar-refractivity contribution in [2.45, 2.75) is 19.4 Å². The molecule has 174 valence electrons. The van der Waals surface area contributed by atoms with E-state index in [1.165, 1.54) is 31.4 Å². The smallest absolute Gasteiger partial charge is 0.269 e. The van der Waals surface area contributed by atoms with Crippen molar-refractivity contribution in [1.82, 2.24) is 10.8 Å². The highest BCUT2D eigenvalue weighted by atomic mass is 16.7. The molecule has 0 heterocycles. The Balaban J connectivity index is 2.82. The SMILES string of the molecule is CCOCOC[C@H](C[C@H](COCCOC)C(=O)NO)NC(=O)c1ccc([N+](=O)[O-])cc1. The number of amides is 2. The minimum absolute atomic E-state index is 0.00159. The van der Waals surface area contributed by atoms with Crippen molar-refractivity contribution in [3.05, 3.63) is 39.9 Å². The molecule has 0 bridgehead atoms. The molecule has 12 heteroatoms. The number of carbonyl (C=O) groups is 2. The van der Waals surface area contributed by atoms with Crippen LogP contribution in [0.5, 0.6) is 0 Å². The Kier molecular flexibility index (Phi) is 12.9. The number of hydroxylamine groups is 1. The van der Waals surface area contributed by atoms with E-state index >= 15 is 0 Å². The molecule has 0 unspecified atom stereocenters. The van der Waals surface area contributed by atoms with Crippen LogP contribution in [0.4, 0.5) is 5.69 Å². The zero-order valence-corrected chi connectivity index (χ0v) is 17.6. The monoisotopic (exact) mass is 443 g/mol. The van der Waals surface area contributed by atoms with E-state index in [4.69, 9.17) is 24.2 Å². The lowest BCUT2D eigenvalue weighted by atomic mass is 9.99. The van der Waals surface area contributed by atoms with Crippen LogP contribution in [0.25, 0.3) is 0 Å². The highest BCUT2D eigenvalue weighted by molar-refractivity contribution is 5.94. The van der Waals surface area contributed by atoms with Crippen LogP contribution in [0.15, 0.2) is 24.3 Å². The molecule has 0 radical (unpaired) electrons. The number of nitrogens with one attached hydrogen (secondary N) is 2. The first-order chi connectivity index (χ1) is 14.9. The van der Waals surface area contributed by atoms with E-state index in [0.29, 0.717) is 13.2 Å². The van der Waals surface area contributed by atoms with Crippen LogP contribution in [-0.4, -0.2) is 74.9 Å². The van der Waals surface area contributed by atoms with Crippen LogP contribution >= 0.6 is 0 Å². The highest BCUT2D eigenvalue weighted by Crippen LogP contribution is 2.14. The van der Waals surface area contributed by atoms with Crippen molar-refractivity contribution in [2.24, 2.45) is 5.92 Å². The Labute approximate surface area is 179 Å². The molecule has 31 heavy (non-hydrogen) atoms. The molecule has 1 aromatic carbocycles. The van der Waals surface area contributed by atoms with Gasteiger partial charge in [0.15, 0.2) is 0 Å². The van der Waals surface area contributed by atoms with Gasteiger partial charge >= 0.3 is 0 Å². The van der Waals surface area contributed by atoms with Gasteiger partial charge in [0.1, 0.15) is 6.79 Å². The predicted molar refractivity (Wildman–Crippen MR) is 108 cm³/mol. The summed E-state index contributed by atoms with van der Waals surface area (Å²) in [6, 6.07) is 4.48. The van der Waals surface area contributed by atoms with Gasteiger partial charge in [-0.05, 0) is 25.5 Å². The highest BCUT2D eigenvalue weighted by Gasteiger charge is 2.25. The molecule has 12 nitrogen and oxygen atoms in total. The van der Waals surface area contributed by atoms with Gasteiger partial charge in [-0.3, -0.25) is 24.9 Å². The van der Waals surface area contributed by atoms with E-state index < -0.39 is 28.7 Å². The molecule has 0 aliphatic heterocycles. The second-order valence-electron chi connectivity index (χ2n) is 6.43. The standard InChI is InChI=1S/C19H29N3O9/c1-3-29-13-31-12-16(10-15(19(24)21-25)11-30-9-8-28-2)20-18(23)14-4-6-17(7-5-14)22(26)27/h4-7,15-16,25H,3,8-13H2,1-2H3,(H,20,23)(H,21,24)/t15-,16+/m1/s1. The van der Waals surface area contributed by atoms with E-state index in [1.807, 2.05) is 0 Å². The molecule has 0 aromatic heterocycles. The summed E-state index contributed by atoms with van der Waals surface area (Å²) in [5.41, 5.74) is 1.67. The Morgan fingerprint density at radius 1 is 1.13 bits per heavy atom. The number of benzene rings is 1. The van der Waals surface area contributed by atoms with Crippen molar-refractivity contribution >= 4 is 17.5 Å². The van der Waals surface area contributed by atoms with Gasteiger partial charge in [0, 0.05) is 31.4 Å². The molecule has 2 amide bonds. The number of nitrogens with zero attached hydrogens (tertiary/aromatic N) is 1. The largest absolute Gasteiger partial charge is 0.382 e. The minimum atomic E-state index is -0.778. The molecule has 0 aliphatic rings. The lowest BCUT2D eigenvalue weighted by Crippen LogP contribution is -2.43. The summed E-state index contributed by atoms with van der Waals surface area (Å²) in [6.07, 6.45) is 0.101. The van der Waals surface area contributed by atoms with Crippen LogP contribution in [0, 0.1) is 16.0 Å². The summed E-state index contributed by atoms with van der Waals surface area (Å²) in [5.74, 6) is -1.94. The van der Waals surface area contributed by atoms with Crippen molar-refractivity contribution in [1.29, 1.82) is 0 Å². The third-order valence-corrected chi connectivity index (χ3v) is 4.17. The van der Waals surface area contributed by atoms with Crippen molar-refractivity contribution in [3.63, 3.8) is 0 Å². The average Bonchev–Trinajstić information content (AvgIpc) is 2.77. The van der Waals surface area contributed by atoms with Crippen LogP contribution in [0.1, 0.15) is 23.7 Å². The fraction of sp³-hybridized carbons (Fsp3) is 0.579. The molecule has 0 aliphatic carbocycles. The van der Waals surface area contributed by atoms with Crippen LogP contribution in [0.2, 0.25) is 0 Å². The van der Waals surface area contributed by atoms with Gasteiger partial charge in [-0.1, -0.05) is 0 Å². The van der Waals surface area contributed by atoms with Gasteiger partial charge in [0.25, 0.3) is 11.6 Å². The number of rotatable bonds is 16. The van der Waals surface area contributed by atoms with Crippen LogP contribution in [-0.2, 0) is 23.7 Å². The molecule has 3 N–H and O–H groups in total. The predicted octanol–water partition coefficient (Wildman–Crippen LogP) is 0.879. The van der Waals surface area contributed by atoms with Crippen molar-refractivity contribution < 1.29 is 38.7 Å². The minimum Gasteiger partial charge on any atom is -0.382 e. The first-order valence-corrected chi connectivity index (χ1v) is 9.64. The Bertz CT molecular complexity index is 685. The maximum absolute atomic E-state index is 12.6. The number of carbonyl (C=O) groups excluding carboxylic acids is 2. The van der Waals surface area contributed by atoms with E-state index in [9.17, 15) is 19.7 Å². The van der Waals surface area contributed by atoms with E-state index in [-0.39, 0.29) is 44.3 Å². The van der Waals surface area contributed by atoms with Crippen molar-refractivity contribution in [2.75, 3.05) is 46.9 Å². The van der Waals surface area contributed by atoms with E-state index in [2.05, 4.69) is 5.32 Å². The van der Waals surface area contributed by atoms with Gasteiger partial charge in [0.2, 0.25) is 5.91 Å².